The second-order valence-electron chi connectivity index (χ2n) is 5.81. The zero-order valence-electron chi connectivity index (χ0n) is 11.4. The van der Waals surface area contributed by atoms with Crippen molar-refractivity contribution in [1.82, 2.24) is 4.90 Å². The van der Waals surface area contributed by atoms with Crippen LogP contribution in [-0.2, 0) is 9.53 Å². The zero-order chi connectivity index (χ0) is 13.2. The fourth-order valence-electron chi connectivity index (χ4n) is 2.35. The molecule has 98 valence electrons. The van der Waals surface area contributed by atoms with Crippen molar-refractivity contribution in [1.29, 1.82) is 0 Å². The minimum Gasteiger partial charge on any atom is -0.444 e. The maximum atomic E-state index is 11.9. The third-order valence-electron chi connectivity index (χ3n) is 3.18. The van der Waals surface area contributed by atoms with Crippen molar-refractivity contribution in [2.24, 2.45) is 5.92 Å². The summed E-state index contributed by atoms with van der Waals surface area (Å²) in [4.78, 5) is 25.0. The highest BCUT2D eigenvalue weighted by molar-refractivity contribution is 5.80. The lowest BCUT2D eigenvalue weighted by molar-refractivity contribution is -0.121. The first-order valence-corrected chi connectivity index (χ1v) is 6.18. The van der Waals surface area contributed by atoms with E-state index in [0.29, 0.717) is 0 Å². The molecule has 1 fully saturated rings. The molecule has 0 aromatic carbocycles. The number of ether oxygens (including phenoxy) is 1. The molecule has 1 rings (SSSR count). The van der Waals surface area contributed by atoms with Gasteiger partial charge in [0.2, 0.25) is 0 Å². The molecular formula is C13H23NO3. The van der Waals surface area contributed by atoms with Gasteiger partial charge in [-0.15, -0.1) is 0 Å². The van der Waals surface area contributed by atoms with Gasteiger partial charge in [-0.25, -0.2) is 4.79 Å². The molecule has 0 radical (unpaired) electrons. The van der Waals surface area contributed by atoms with Crippen LogP contribution in [0, 0.1) is 5.92 Å². The molecule has 0 unspecified atom stereocenters. The third kappa shape index (κ3) is 3.72. The minimum atomic E-state index is -0.490. The van der Waals surface area contributed by atoms with E-state index >= 15 is 0 Å². The van der Waals surface area contributed by atoms with Gasteiger partial charge in [-0.3, -0.25) is 4.79 Å². The van der Waals surface area contributed by atoms with Crippen molar-refractivity contribution >= 4 is 11.9 Å². The lowest BCUT2D eigenvalue weighted by Gasteiger charge is -2.31. The monoisotopic (exact) mass is 241 g/mol. The van der Waals surface area contributed by atoms with Crippen LogP contribution in [0.5, 0.6) is 0 Å². The Balaban J connectivity index is 2.66. The number of rotatable bonds is 2. The molecule has 0 aromatic heterocycles. The van der Waals surface area contributed by atoms with E-state index in [-0.39, 0.29) is 23.8 Å². The van der Waals surface area contributed by atoms with Crippen molar-refractivity contribution in [3.05, 3.63) is 0 Å². The second kappa shape index (κ2) is 5.07. The summed E-state index contributed by atoms with van der Waals surface area (Å²) in [6.45, 7) is 7.13. The quantitative estimate of drug-likeness (QED) is 0.746. The average Bonchev–Trinajstić information content (AvgIpc) is 2.61. The lowest BCUT2D eigenvalue weighted by Crippen LogP contribution is -2.43. The fourth-order valence-corrected chi connectivity index (χ4v) is 2.35. The Bertz CT molecular complexity index is 306. The van der Waals surface area contributed by atoms with Crippen molar-refractivity contribution in [2.75, 3.05) is 7.05 Å². The van der Waals surface area contributed by atoms with Gasteiger partial charge >= 0.3 is 6.09 Å². The molecule has 1 aliphatic rings. The molecule has 0 aliphatic heterocycles. The molecule has 0 N–H and O–H groups in total. The predicted octanol–water partition coefficient (Wildman–Crippen LogP) is 2.61. The van der Waals surface area contributed by atoms with Crippen LogP contribution in [0.25, 0.3) is 0 Å². The van der Waals surface area contributed by atoms with E-state index in [2.05, 4.69) is 0 Å². The van der Waals surface area contributed by atoms with Crippen LogP contribution in [0.4, 0.5) is 4.79 Å². The van der Waals surface area contributed by atoms with E-state index in [1.54, 1.807) is 18.9 Å². The van der Waals surface area contributed by atoms with Gasteiger partial charge in [0.25, 0.3) is 0 Å². The van der Waals surface area contributed by atoms with Gasteiger partial charge < -0.3 is 9.64 Å². The van der Waals surface area contributed by atoms with Crippen molar-refractivity contribution < 1.29 is 14.3 Å². The standard InChI is InChI=1S/C13H23NO3/c1-9(15)10-7-6-8-11(10)14(5)12(16)17-13(2,3)4/h10-11H,6-8H2,1-5H3/t10-,11-/m0/s1. The molecule has 17 heavy (non-hydrogen) atoms. The number of amides is 1. The van der Waals surface area contributed by atoms with Gasteiger partial charge in [0.1, 0.15) is 11.4 Å². The molecular weight excluding hydrogens is 218 g/mol. The number of hydrogen-bond donors (Lipinski definition) is 0. The first-order chi connectivity index (χ1) is 7.72. The SMILES string of the molecule is CC(=O)[C@@H]1CCC[C@@H]1N(C)C(=O)OC(C)(C)C. The summed E-state index contributed by atoms with van der Waals surface area (Å²) >= 11 is 0. The van der Waals surface area contributed by atoms with Gasteiger partial charge in [0.05, 0.1) is 0 Å². The number of carbonyl (C=O) groups excluding carboxylic acids is 2. The molecule has 0 saturated heterocycles. The average molecular weight is 241 g/mol. The topological polar surface area (TPSA) is 46.6 Å². The summed E-state index contributed by atoms with van der Waals surface area (Å²) in [5.74, 6) is 0.149. The van der Waals surface area contributed by atoms with Crippen LogP contribution in [0.15, 0.2) is 0 Å². The number of carbonyl (C=O) groups is 2. The highest BCUT2D eigenvalue weighted by Gasteiger charge is 2.36. The highest BCUT2D eigenvalue weighted by Crippen LogP contribution is 2.30. The van der Waals surface area contributed by atoms with E-state index in [1.807, 2.05) is 20.8 Å². The molecule has 1 saturated carbocycles. The van der Waals surface area contributed by atoms with Gasteiger partial charge in [-0.05, 0) is 40.5 Å². The fraction of sp³-hybridized carbons (Fsp3) is 0.846. The van der Waals surface area contributed by atoms with E-state index in [1.165, 1.54) is 0 Å². The maximum Gasteiger partial charge on any atom is 0.410 e. The van der Waals surface area contributed by atoms with Gasteiger partial charge in [0.15, 0.2) is 0 Å². The number of nitrogens with zero attached hydrogens (tertiary/aromatic N) is 1. The number of hydrogen-bond acceptors (Lipinski definition) is 3. The summed E-state index contributed by atoms with van der Waals surface area (Å²) in [7, 11) is 1.72. The van der Waals surface area contributed by atoms with E-state index in [9.17, 15) is 9.59 Å². The van der Waals surface area contributed by atoms with Crippen LogP contribution in [0.2, 0.25) is 0 Å². The van der Waals surface area contributed by atoms with E-state index in [4.69, 9.17) is 4.74 Å². The zero-order valence-corrected chi connectivity index (χ0v) is 11.4. The van der Waals surface area contributed by atoms with Crippen molar-refractivity contribution in [3.63, 3.8) is 0 Å². The van der Waals surface area contributed by atoms with Gasteiger partial charge in [-0.2, -0.15) is 0 Å². The summed E-state index contributed by atoms with van der Waals surface area (Å²) in [6.07, 6.45) is 2.44. The third-order valence-corrected chi connectivity index (χ3v) is 3.18. The van der Waals surface area contributed by atoms with Gasteiger partial charge in [-0.1, -0.05) is 6.42 Å². The van der Waals surface area contributed by atoms with Crippen molar-refractivity contribution in [3.8, 4) is 0 Å². The number of Topliss-reactive ketones (excluding diaryl/α,β-unsaturated/α-hetero) is 1. The van der Waals surface area contributed by atoms with Crippen LogP contribution < -0.4 is 0 Å². The van der Waals surface area contributed by atoms with Crippen LogP contribution >= 0.6 is 0 Å². The minimum absolute atomic E-state index is 0.00218. The Labute approximate surface area is 103 Å². The Morgan fingerprint density at radius 2 is 1.82 bits per heavy atom. The molecule has 0 heterocycles. The maximum absolute atomic E-state index is 11.9. The summed E-state index contributed by atoms with van der Waals surface area (Å²) in [5.41, 5.74) is -0.490. The molecule has 0 spiro atoms. The molecule has 4 heteroatoms. The largest absolute Gasteiger partial charge is 0.444 e. The van der Waals surface area contributed by atoms with Crippen molar-refractivity contribution in [2.45, 2.75) is 58.6 Å². The molecule has 1 amide bonds. The Morgan fingerprint density at radius 3 is 2.29 bits per heavy atom. The first-order valence-electron chi connectivity index (χ1n) is 6.18. The van der Waals surface area contributed by atoms with Crippen LogP contribution in [0.3, 0.4) is 0 Å². The second-order valence-corrected chi connectivity index (χ2v) is 5.81. The molecule has 2 atom stereocenters. The predicted molar refractivity (Wildman–Crippen MR) is 65.8 cm³/mol. The van der Waals surface area contributed by atoms with Crippen LogP contribution in [-0.4, -0.2) is 35.5 Å². The first kappa shape index (κ1) is 14.0. The highest BCUT2D eigenvalue weighted by atomic mass is 16.6. The van der Waals surface area contributed by atoms with E-state index < -0.39 is 5.60 Å². The summed E-state index contributed by atoms with van der Waals surface area (Å²) in [5, 5.41) is 0. The Hall–Kier alpha value is -1.06. The molecule has 0 bridgehead atoms. The smallest absolute Gasteiger partial charge is 0.410 e. The van der Waals surface area contributed by atoms with Crippen LogP contribution in [0.1, 0.15) is 47.0 Å². The Kier molecular flexibility index (Phi) is 4.17. The number of ketones is 1. The molecule has 4 nitrogen and oxygen atoms in total. The Morgan fingerprint density at radius 1 is 1.24 bits per heavy atom. The molecule has 0 aromatic rings. The summed E-state index contributed by atoms with van der Waals surface area (Å²) < 4.78 is 5.32. The van der Waals surface area contributed by atoms with E-state index in [0.717, 1.165) is 19.3 Å². The normalized spacial score (nSPS) is 24.5. The lowest BCUT2D eigenvalue weighted by atomic mass is 9.98. The summed E-state index contributed by atoms with van der Waals surface area (Å²) in [6, 6.07) is 0.00218. The molecule has 1 aliphatic carbocycles. The van der Waals surface area contributed by atoms with Gasteiger partial charge in [0, 0.05) is 19.0 Å².